The molecule has 45 valence electrons. The summed E-state index contributed by atoms with van der Waals surface area (Å²) < 4.78 is 5.23. The maximum Gasteiger partial charge on any atom is 0.126 e. The molecule has 9 heavy (non-hydrogen) atoms. The lowest BCUT2D eigenvalue weighted by molar-refractivity contribution is 0.356. The van der Waals surface area contributed by atoms with Crippen LogP contribution in [0.25, 0.3) is 0 Å². The number of hydrogen-bond acceptors (Lipinski definition) is 2. The zero-order chi connectivity index (χ0) is 6.10. The Morgan fingerprint density at radius 2 is 2.67 bits per heavy atom. The third kappa shape index (κ3) is 0.669. The number of nitrogens with zero attached hydrogens (tertiary/aromatic N) is 1. The van der Waals surface area contributed by atoms with Crippen molar-refractivity contribution in [2.75, 3.05) is 6.61 Å². The average Bonchev–Trinajstić information content (AvgIpc) is 2.33. The Morgan fingerprint density at radius 3 is 3.56 bits per heavy atom. The van der Waals surface area contributed by atoms with Crippen LogP contribution in [0.5, 0.6) is 5.75 Å². The third-order valence-corrected chi connectivity index (χ3v) is 1.41. The number of ether oxygens (including phenoxy) is 1. The van der Waals surface area contributed by atoms with Gasteiger partial charge in [0.1, 0.15) is 5.75 Å². The molecule has 0 saturated heterocycles. The molecular weight excluding hydrogens is 114 g/mol. The van der Waals surface area contributed by atoms with Crippen molar-refractivity contribution in [1.82, 2.24) is 4.98 Å². The van der Waals surface area contributed by atoms with Crippen LogP contribution in [0.4, 0.5) is 0 Å². The maximum atomic E-state index is 5.23. The monoisotopic (exact) mass is 120 g/mol. The second-order valence-corrected chi connectivity index (χ2v) is 2.00. The first kappa shape index (κ1) is 4.79. The molecule has 1 aromatic heterocycles. The molecule has 0 spiro atoms. The van der Waals surface area contributed by atoms with Crippen molar-refractivity contribution in [2.24, 2.45) is 0 Å². The predicted molar refractivity (Wildman–Crippen MR) is 32.3 cm³/mol. The van der Waals surface area contributed by atoms with E-state index in [9.17, 15) is 0 Å². The predicted octanol–water partition coefficient (Wildman–Crippen LogP) is 0.817. The summed E-state index contributed by atoms with van der Waals surface area (Å²) in [4.78, 5) is 3.85. The maximum absolute atomic E-state index is 5.23. The largest absolute Gasteiger partial charge is 0.493 e. The van der Waals surface area contributed by atoms with Crippen molar-refractivity contribution in [3.05, 3.63) is 24.0 Å². The van der Waals surface area contributed by atoms with E-state index >= 15 is 0 Å². The SMILES string of the molecule is [c]1nccc2c1CCO2. The Balaban J connectivity index is 2.54. The van der Waals surface area contributed by atoms with Crippen LogP contribution in [-0.2, 0) is 6.42 Å². The minimum Gasteiger partial charge on any atom is -0.493 e. The topological polar surface area (TPSA) is 22.1 Å². The second kappa shape index (κ2) is 1.72. The number of aromatic nitrogens is 1. The van der Waals surface area contributed by atoms with E-state index in [-0.39, 0.29) is 0 Å². The van der Waals surface area contributed by atoms with Gasteiger partial charge in [0.15, 0.2) is 0 Å². The average molecular weight is 120 g/mol. The third-order valence-electron chi connectivity index (χ3n) is 1.41. The Bertz CT molecular complexity index is 199. The van der Waals surface area contributed by atoms with E-state index in [0.717, 1.165) is 24.3 Å². The van der Waals surface area contributed by atoms with Gasteiger partial charge in [-0.2, -0.15) is 0 Å². The molecule has 2 rings (SSSR count). The smallest absolute Gasteiger partial charge is 0.126 e. The van der Waals surface area contributed by atoms with Crippen LogP contribution in [-0.4, -0.2) is 11.6 Å². The summed E-state index contributed by atoms with van der Waals surface area (Å²) in [5, 5.41) is 0. The van der Waals surface area contributed by atoms with Crippen molar-refractivity contribution < 1.29 is 4.74 Å². The van der Waals surface area contributed by atoms with Crippen molar-refractivity contribution in [1.29, 1.82) is 0 Å². The zero-order valence-electron chi connectivity index (χ0n) is 4.92. The lowest BCUT2D eigenvalue weighted by Crippen LogP contribution is -1.85. The molecule has 0 bridgehead atoms. The van der Waals surface area contributed by atoms with Crippen molar-refractivity contribution in [3.8, 4) is 5.75 Å². The lowest BCUT2D eigenvalue weighted by atomic mass is 10.2. The van der Waals surface area contributed by atoms with Gasteiger partial charge >= 0.3 is 0 Å². The van der Waals surface area contributed by atoms with Gasteiger partial charge in [0.05, 0.1) is 12.8 Å². The van der Waals surface area contributed by atoms with E-state index in [0.29, 0.717) is 0 Å². The van der Waals surface area contributed by atoms with Gasteiger partial charge in [-0.25, -0.2) is 0 Å². The van der Waals surface area contributed by atoms with Gasteiger partial charge in [-0.1, -0.05) is 0 Å². The standard InChI is InChI=1S/C7H6NO/c1-3-8-5-6-2-4-9-7(1)6/h1,3H,2,4H2. The molecule has 0 atom stereocenters. The highest BCUT2D eigenvalue weighted by atomic mass is 16.5. The van der Waals surface area contributed by atoms with Gasteiger partial charge < -0.3 is 4.74 Å². The highest BCUT2D eigenvalue weighted by molar-refractivity contribution is 5.32. The van der Waals surface area contributed by atoms with E-state index in [1.165, 1.54) is 0 Å². The van der Waals surface area contributed by atoms with Crippen LogP contribution in [0, 0.1) is 6.20 Å². The summed E-state index contributed by atoms with van der Waals surface area (Å²) in [7, 11) is 0. The molecule has 0 N–H and O–H groups in total. The molecule has 1 aliphatic heterocycles. The fraction of sp³-hybridized carbons (Fsp3) is 0.286. The Labute approximate surface area is 53.5 Å². The van der Waals surface area contributed by atoms with Crippen molar-refractivity contribution in [3.63, 3.8) is 0 Å². The highest BCUT2D eigenvalue weighted by Gasteiger charge is 2.09. The first-order valence-corrected chi connectivity index (χ1v) is 2.95. The summed E-state index contributed by atoms with van der Waals surface area (Å²) in [6, 6.07) is 1.87. The van der Waals surface area contributed by atoms with E-state index in [1.807, 2.05) is 6.07 Å². The fourth-order valence-electron chi connectivity index (χ4n) is 0.953. The van der Waals surface area contributed by atoms with Crippen LogP contribution < -0.4 is 4.74 Å². The molecule has 0 aromatic carbocycles. The molecule has 2 heterocycles. The van der Waals surface area contributed by atoms with Gasteiger partial charge in [0.2, 0.25) is 0 Å². The van der Waals surface area contributed by atoms with Crippen molar-refractivity contribution >= 4 is 0 Å². The zero-order valence-corrected chi connectivity index (χ0v) is 4.92. The fourth-order valence-corrected chi connectivity index (χ4v) is 0.953. The van der Waals surface area contributed by atoms with E-state index in [2.05, 4.69) is 11.2 Å². The van der Waals surface area contributed by atoms with Gasteiger partial charge in [0, 0.05) is 18.2 Å². The molecule has 2 nitrogen and oxygen atoms in total. The Hall–Kier alpha value is -1.05. The first-order chi connectivity index (χ1) is 4.47. The van der Waals surface area contributed by atoms with E-state index < -0.39 is 0 Å². The molecular formula is C7H6NO. The second-order valence-electron chi connectivity index (χ2n) is 2.00. The Morgan fingerprint density at radius 1 is 1.67 bits per heavy atom. The molecule has 2 heteroatoms. The number of rotatable bonds is 0. The molecule has 1 aliphatic rings. The highest BCUT2D eigenvalue weighted by Crippen LogP contribution is 2.21. The van der Waals surface area contributed by atoms with Gasteiger partial charge in [0.25, 0.3) is 0 Å². The Kier molecular flexibility index (Phi) is 0.918. The molecule has 0 aliphatic carbocycles. The van der Waals surface area contributed by atoms with Crippen LogP contribution in [0.2, 0.25) is 0 Å². The summed E-state index contributed by atoms with van der Waals surface area (Å²) in [5.74, 6) is 0.949. The van der Waals surface area contributed by atoms with Crippen LogP contribution >= 0.6 is 0 Å². The van der Waals surface area contributed by atoms with E-state index in [4.69, 9.17) is 4.74 Å². The molecule has 0 unspecified atom stereocenters. The summed E-state index contributed by atoms with van der Waals surface area (Å²) in [6.45, 7) is 0.789. The molecule has 0 saturated carbocycles. The number of pyridine rings is 1. The summed E-state index contributed by atoms with van der Waals surface area (Å²) in [6.07, 6.45) is 5.53. The van der Waals surface area contributed by atoms with E-state index in [1.54, 1.807) is 6.20 Å². The summed E-state index contributed by atoms with van der Waals surface area (Å²) in [5.41, 5.74) is 1.11. The molecule has 0 amide bonds. The lowest BCUT2D eigenvalue weighted by Gasteiger charge is -1.92. The molecule has 1 aromatic rings. The van der Waals surface area contributed by atoms with Crippen LogP contribution in [0.15, 0.2) is 12.3 Å². The summed E-state index contributed by atoms with van der Waals surface area (Å²) >= 11 is 0. The molecule has 1 radical (unpaired) electrons. The number of hydrogen-bond donors (Lipinski definition) is 0. The first-order valence-electron chi connectivity index (χ1n) is 2.95. The number of fused-ring (bicyclic) bond motifs is 1. The van der Waals surface area contributed by atoms with Crippen LogP contribution in [0.1, 0.15) is 5.56 Å². The minimum atomic E-state index is 0.789. The quantitative estimate of drug-likeness (QED) is 0.505. The van der Waals surface area contributed by atoms with Gasteiger partial charge in [-0.15, -0.1) is 0 Å². The van der Waals surface area contributed by atoms with Crippen LogP contribution in [0.3, 0.4) is 0 Å². The minimum absolute atomic E-state index is 0.789. The molecule has 0 fully saturated rings. The van der Waals surface area contributed by atoms with Gasteiger partial charge in [-0.05, 0) is 6.07 Å². The van der Waals surface area contributed by atoms with Gasteiger partial charge in [-0.3, -0.25) is 4.98 Å². The normalized spacial score (nSPS) is 14.7. The van der Waals surface area contributed by atoms with Crippen molar-refractivity contribution in [2.45, 2.75) is 6.42 Å².